The predicted molar refractivity (Wildman–Crippen MR) is 94.0 cm³/mol. The zero-order chi connectivity index (χ0) is 22.2. The molecule has 0 unspecified atom stereocenters. The van der Waals surface area contributed by atoms with E-state index >= 15 is 0 Å². The molecule has 1 saturated heterocycles. The van der Waals surface area contributed by atoms with Crippen molar-refractivity contribution < 1.29 is 48.0 Å². The average Bonchev–Trinajstić information content (AvgIpc) is 3.17. The molecule has 2 aromatic rings. The summed E-state index contributed by atoms with van der Waals surface area (Å²) in [5.74, 6) is -3.78. The molecule has 0 aliphatic carbocycles. The van der Waals surface area contributed by atoms with E-state index < -0.39 is 56.6 Å². The van der Waals surface area contributed by atoms with E-state index in [0.717, 1.165) is 10.9 Å². The summed E-state index contributed by atoms with van der Waals surface area (Å²) in [7, 11) is -5.04. The molecular weight excluding hydrogens is 432 g/mol. The van der Waals surface area contributed by atoms with E-state index in [4.69, 9.17) is 15.2 Å². The van der Waals surface area contributed by atoms with Gasteiger partial charge in [0.15, 0.2) is 23.2 Å². The number of anilines is 1. The molecule has 3 rings (SSSR count). The molecule has 1 aliphatic rings. The normalized spacial score (nSPS) is 25.5. The Kier molecular flexibility index (Phi) is 6.33. The largest absolute Gasteiger partial charge is 0.464 e. The van der Waals surface area contributed by atoms with Crippen LogP contribution in [0.15, 0.2) is 6.33 Å². The van der Waals surface area contributed by atoms with Gasteiger partial charge in [-0.25, -0.2) is 9.78 Å². The predicted octanol–water partition coefficient (Wildman–Crippen LogP) is -1.75. The average molecular weight is 451 g/mol. The maximum atomic E-state index is 13.5. The van der Waals surface area contributed by atoms with E-state index in [1.165, 1.54) is 6.92 Å². The number of nitrogens with two attached hydrogens (primary N) is 1. The fraction of sp³-hybridized carbons (Fsp3) is 0.571. The first-order valence-electron chi connectivity index (χ1n) is 8.55. The summed E-state index contributed by atoms with van der Waals surface area (Å²) in [5, 5.41) is 20.6. The van der Waals surface area contributed by atoms with Crippen molar-refractivity contribution in [2.75, 3.05) is 18.9 Å². The van der Waals surface area contributed by atoms with Crippen LogP contribution in [0, 0.1) is 6.08 Å². The minimum Gasteiger partial charge on any atom is -0.464 e. The van der Waals surface area contributed by atoms with Crippen LogP contribution in [0.5, 0.6) is 0 Å². The zero-order valence-corrected chi connectivity index (χ0v) is 16.3. The van der Waals surface area contributed by atoms with Gasteiger partial charge in [-0.3, -0.25) is 9.13 Å². The number of imidazole rings is 1. The van der Waals surface area contributed by atoms with E-state index in [1.54, 1.807) is 0 Å². The van der Waals surface area contributed by atoms with Crippen LogP contribution in [0.25, 0.3) is 11.2 Å². The molecule has 14 nitrogen and oxygen atoms in total. The number of hydrogen-bond acceptors (Lipinski definition) is 11. The standard InChI is InChI=1S/C14H19FN5O9P/c1-2-27-12(23)13(30(24,25)26)28-3-5-7(21)8(22)11(29-5)20-4-17-6-9(16)18-14(15)19-10(6)20/h4-5,7-8,11,13,21-22H,2-3H2,1H3,(H2,16,18,19)(H2,24,25,26)/t5-,7-,8-,11-,13-/m1/s1. The van der Waals surface area contributed by atoms with Gasteiger partial charge in [0.05, 0.1) is 19.5 Å². The first-order valence-corrected chi connectivity index (χ1v) is 10.2. The van der Waals surface area contributed by atoms with E-state index in [1.807, 2.05) is 0 Å². The summed E-state index contributed by atoms with van der Waals surface area (Å²) >= 11 is 0. The van der Waals surface area contributed by atoms with Crippen LogP contribution in [0.2, 0.25) is 0 Å². The number of hydrogen-bond donors (Lipinski definition) is 5. The number of ether oxygens (including phenoxy) is 3. The molecule has 0 saturated carbocycles. The fourth-order valence-corrected chi connectivity index (χ4v) is 3.53. The van der Waals surface area contributed by atoms with Crippen molar-refractivity contribution in [2.24, 2.45) is 0 Å². The third kappa shape index (κ3) is 4.27. The second-order valence-corrected chi connectivity index (χ2v) is 7.92. The first-order chi connectivity index (χ1) is 14.0. The van der Waals surface area contributed by atoms with Crippen LogP contribution in [-0.4, -0.2) is 82.9 Å². The lowest BCUT2D eigenvalue weighted by molar-refractivity contribution is -0.155. The molecule has 5 atom stereocenters. The van der Waals surface area contributed by atoms with Gasteiger partial charge in [-0.05, 0) is 6.92 Å². The first kappa shape index (κ1) is 22.4. The summed E-state index contributed by atoms with van der Waals surface area (Å²) in [6.45, 7) is 0.618. The number of halogens is 1. The number of carbonyl (C=O) groups excluding carboxylic acids is 1. The van der Waals surface area contributed by atoms with E-state index in [-0.39, 0.29) is 23.6 Å². The molecule has 16 heteroatoms. The number of esters is 1. The molecule has 30 heavy (non-hydrogen) atoms. The van der Waals surface area contributed by atoms with Gasteiger partial charge in [0.2, 0.25) is 0 Å². The molecule has 3 heterocycles. The molecule has 0 amide bonds. The molecule has 6 N–H and O–H groups in total. The molecular formula is C14H19FN5O9P. The minimum absolute atomic E-state index is 0.0327. The van der Waals surface area contributed by atoms with Gasteiger partial charge >= 0.3 is 19.6 Å². The maximum absolute atomic E-state index is 13.5. The number of aromatic nitrogens is 4. The Bertz CT molecular complexity index is 984. The maximum Gasteiger partial charge on any atom is 0.365 e. The van der Waals surface area contributed by atoms with Gasteiger partial charge in [0, 0.05) is 0 Å². The summed E-state index contributed by atoms with van der Waals surface area (Å²) in [6, 6.07) is 0. The van der Waals surface area contributed by atoms with Gasteiger partial charge in [-0.15, -0.1) is 0 Å². The number of aliphatic hydroxyl groups excluding tert-OH is 2. The molecule has 1 fully saturated rings. The third-order valence-corrected chi connectivity index (χ3v) is 5.22. The van der Waals surface area contributed by atoms with Crippen molar-refractivity contribution in [3.8, 4) is 0 Å². The van der Waals surface area contributed by atoms with Crippen LogP contribution < -0.4 is 5.73 Å². The van der Waals surface area contributed by atoms with E-state index in [9.17, 15) is 33.7 Å². The Hall–Kier alpha value is -2.26. The second-order valence-electron chi connectivity index (χ2n) is 6.28. The van der Waals surface area contributed by atoms with Gasteiger partial charge in [0.25, 0.3) is 5.85 Å². The topological polar surface area (TPSA) is 212 Å². The molecule has 0 radical (unpaired) electrons. The van der Waals surface area contributed by atoms with Crippen molar-refractivity contribution in [1.29, 1.82) is 0 Å². The number of rotatable bonds is 7. The van der Waals surface area contributed by atoms with Crippen molar-refractivity contribution in [3.05, 3.63) is 12.4 Å². The highest BCUT2D eigenvalue weighted by Crippen LogP contribution is 2.43. The van der Waals surface area contributed by atoms with E-state index in [0.29, 0.717) is 0 Å². The smallest absolute Gasteiger partial charge is 0.365 e. The number of nitrogens with zero attached hydrogens (tertiary/aromatic N) is 4. The number of aliphatic hydroxyl groups is 2. The lowest BCUT2D eigenvalue weighted by Crippen LogP contribution is -2.36. The Labute approximate surface area is 167 Å². The highest BCUT2D eigenvalue weighted by Gasteiger charge is 2.46. The van der Waals surface area contributed by atoms with Crippen molar-refractivity contribution in [2.45, 2.75) is 37.3 Å². The Morgan fingerprint density at radius 3 is 2.73 bits per heavy atom. The second kappa shape index (κ2) is 8.47. The van der Waals surface area contributed by atoms with Gasteiger partial charge in [-0.1, -0.05) is 0 Å². The van der Waals surface area contributed by atoms with Crippen LogP contribution in [0.1, 0.15) is 13.2 Å². The summed E-state index contributed by atoms with van der Waals surface area (Å²) in [4.78, 5) is 41.1. The zero-order valence-electron chi connectivity index (χ0n) is 15.4. The Balaban J connectivity index is 1.79. The van der Waals surface area contributed by atoms with Gasteiger partial charge in [-0.2, -0.15) is 14.4 Å². The van der Waals surface area contributed by atoms with E-state index in [2.05, 4.69) is 19.7 Å². The Morgan fingerprint density at radius 1 is 1.40 bits per heavy atom. The van der Waals surface area contributed by atoms with Crippen LogP contribution in [0.4, 0.5) is 10.2 Å². The SMILES string of the molecule is CCOC(=O)[C@H](OC[C@H]1O[C@@H](n2cnc3c(N)nc(F)nc32)[C@H](O)[C@@H]1O)P(=O)(O)O. The summed E-state index contributed by atoms with van der Waals surface area (Å²) in [6.07, 6.45) is -5.80. The van der Waals surface area contributed by atoms with Gasteiger partial charge in [0.1, 0.15) is 18.3 Å². The van der Waals surface area contributed by atoms with Crippen LogP contribution >= 0.6 is 7.60 Å². The highest BCUT2D eigenvalue weighted by atomic mass is 31.2. The monoisotopic (exact) mass is 451 g/mol. The van der Waals surface area contributed by atoms with Crippen LogP contribution in [-0.2, 0) is 23.6 Å². The minimum atomic E-state index is -5.04. The molecule has 2 aromatic heterocycles. The van der Waals surface area contributed by atoms with Crippen molar-refractivity contribution >= 4 is 30.5 Å². The number of fused-ring (bicyclic) bond motifs is 1. The van der Waals surface area contributed by atoms with Gasteiger partial charge < -0.3 is 39.9 Å². The third-order valence-electron chi connectivity index (χ3n) is 4.24. The molecule has 0 bridgehead atoms. The molecule has 166 valence electrons. The molecule has 1 aliphatic heterocycles. The quantitative estimate of drug-likeness (QED) is 0.180. The lowest BCUT2D eigenvalue weighted by Gasteiger charge is -2.20. The summed E-state index contributed by atoms with van der Waals surface area (Å²) in [5.41, 5.74) is 5.49. The number of carbonyl (C=O) groups is 1. The Morgan fingerprint density at radius 2 is 2.10 bits per heavy atom. The van der Waals surface area contributed by atoms with Crippen molar-refractivity contribution in [1.82, 2.24) is 19.5 Å². The highest BCUT2D eigenvalue weighted by molar-refractivity contribution is 7.53. The fourth-order valence-electron chi connectivity index (χ4n) is 2.90. The molecule has 0 spiro atoms. The van der Waals surface area contributed by atoms with Crippen molar-refractivity contribution in [3.63, 3.8) is 0 Å². The summed E-state index contributed by atoms with van der Waals surface area (Å²) < 4.78 is 41.1. The lowest BCUT2D eigenvalue weighted by atomic mass is 10.1. The molecule has 0 aromatic carbocycles. The van der Waals surface area contributed by atoms with Crippen LogP contribution in [0.3, 0.4) is 0 Å². The number of nitrogen functional groups attached to an aromatic ring is 1.